The van der Waals surface area contributed by atoms with Gasteiger partial charge in [0, 0.05) is 39.1 Å². The molecule has 1 aromatic rings. The van der Waals surface area contributed by atoms with Crippen LogP contribution < -0.4 is 5.32 Å². The van der Waals surface area contributed by atoms with Crippen molar-refractivity contribution in [3.63, 3.8) is 0 Å². The number of allylic oxidation sites excluding steroid dienone is 1. The Balaban J connectivity index is 1.76. The van der Waals surface area contributed by atoms with Gasteiger partial charge in [0.2, 0.25) is 5.91 Å². The first-order chi connectivity index (χ1) is 14.6. The molecule has 0 atom stereocenters. The molecule has 2 rings (SSSR count). The smallest absolute Gasteiger partial charge is 0.410 e. The molecule has 1 aliphatic rings. The summed E-state index contributed by atoms with van der Waals surface area (Å²) in [6.45, 7) is 10.2. The number of aliphatic hydroxyl groups excluding tert-OH is 1. The Hall–Kier alpha value is -2.87. The highest BCUT2D eigenvalue weighted by Crippen LogP contribution is 2.17. The second-order valence-electron chi connectivity index (χ2n) is 8.54. The fraction of sp³-hybridized carbons (Fsp3) is 0.522. The molecule has 0 saturated carbocycles. The van der Waals surface area contributed by atoms with Gasteiger partial charge in [0.05, 0.1) is 18.4 Å². The number of hydrogen-bond acceptors (Lipinski definition) is 6. The lowest BCUT2D eigenvalue weighted by molar-refractivity contribution is -0.122. The van der Waals surface area contributed by atoms with E-state index in [1.54, 1.807) is 24.0 Å². The van der Waals surface area contributed by atoms with Crippen molar-refractivity contribution in [2.75, 3.05) is 32.7 Å². The summed E-state index contributed by atoms with van der Waals surface area (Å²) in [4.78, 5) is 39.9. The molecule has 1 heterocycles. The minimum atomic E-state index is -0.520. The molecule has 1 aliphatic heterocycles. The average molecular weight is 432 g/mol. The number of Topliss-reactive ketones (excluding diaryl/α,β-unsaturated/α-hetero) is 1. The number of benzene rings is 1. The van der Waals surface area contributed by atoms with Gasteiger partial charge in [0.25, 0.3) is 0 Å². The van der Waals surface area contributed by atoms with Gasteiger partial charge in [-0.25, -0.2) is 4.79 Å². The molecule has 31 heavy (non-hydrogen) atoms. The molecule has 0 radical (unpaired) electrons. The lowest BCUT2D eigenvalue weighted by atomic mass is 10.0. The van der Waals surface area contributed by atoms with Gasteiger partial charge < -0.3 is 20.1 Å². The summed E-state index contributed by atoms with van der Waals surface area (Å²) in [5.74, 6) is -0.220. The van der Waals surface area contributed by atoms with Gasteiger partial charge >= 0.3 is 6.09 Å². The van der Waals surface area contributed by atoms with E-state index in [-0.39, 0.29) is 29.9 Å². The van der Waals surface area contributed by atoms with E-state index in [1.165, 1.54) is 0 Å². The fourth-order valence-electron chi connectivity index (χ4n) is 3.17. The Morgan fingerprint density at radius 1 is 1.10 bits per heavy atom. The second kappa shape index (κ2) is 10.9. The summed E-state index contributed by atoms with van der Waals surface area (Å²) < 4.78 is 5.38. The summed E-state index contributed by atoms with van der Waals surface area (Å²) in [6.07, 6.45) is 0.835. The highest BCUT2D eigenvalue weighted by molar-refractivity contribution is 6.20. The number of nitrogens with zero attached hydrogens (tertiary/aromatic N) is 2. The van der Waals surface area contributed by atoms with Crippen LogP contribution in [0.15, 0.2) is 30.5 Å². The van der Waals surface area contributed by atoms with Crippen LogP contribution >= 0.6 is 0 Å². The van der Waals surface area contributed by atoms with Crippen molar-refractivity contribution in [3.05, 3.63) is 41.7 Å². The van der Waals surface area contributed by atoms with Gasteiger partial charge in [-0.1, -0.05) is 31.2 Å². The van der Waals surface area contributed by atoms with Crippen LogP contribution in [-0.4, -0.2) is 71.0 Å². The van der Waals surface area contributed by atoms with Crippen molar-refractivity contribution in [3.8, 4) is 0 Å². The summed E-state index contributed by atoms with van der Waals surface area (Å²) in [6, 6.07) is 7.16. The van der Waals surface area contributed by atoms with Crippen molar-refractivity contribution >= 4 is 23.4 Å². The lowest BCUT2D eigenvalue weighted by Crippen LogP contribution is -2.52. The predicted molar refractivity (Wildman–Crippen MR) is 118 cm³/mol. The molecule has 8 heteroatoms. The number of hydrogen-bond donors (Lipinski definition) is 2. The first kappa shape index (κ1) is 24.4. The molecule has 1 aromatic carbocycles. The van der Waals surface area contributed by atoms with Crippen molar-refractivity contribution < 1.29 is 24.2 Å². The first-order valence-electron chi connectivity index (χ1n) is 10.6. The lowest BCUT2D eigenvalue weighted by Gasteiger charge is -2.35. The maximum Gasteiger partial charge on any atom is 0.410 e. The zero-order valence-electron chi connectivity index (χ0n) is 18.8. The van der Waals surface area contributed by atoms with Crippen LogP contribution in [0.1, 0.15) is 45.2 Å². The van der Waals surface area contributed by atoms with E-state index in [0.29, 0.717) is 44.7 Å². The quantitative estimate of drug-likeness (QED) is 0.509. The number of piperazine rings is 1. The largest absolute Gasteiger partial charge is 0.515 e. The van der Waals surface area contributed by atoms with E-state index in [9.17, 15) is 19.5 Å². The molecule has 0 aromatic heterocycles. The number of ether oxygens (including phenoxy) is 1. The van der Waals surface area contributed by atoms with Crippen LogP contribution in [0.5, 0.6) is 0 Å². The molecule has 8 nitrogen and oxygen atoms in total. The maximum atomic E-state index is 12.3. The molecule has 0 spiro atoms. The summed E-state index contributed by atoms with van der Waals surface area (Å²) >= 11 is 0. The second-order valence-corrected chi connectivity index (χ2v) is 8.54. The van der Waals surface area contributed by atoms with Crippen molar-refractivity contribution in [2.45, 2.75) is 46.3 Å². The number of nitrogens with one attached hydrogen (secondary N) is 1. The van der Waals surface area contributed by atoms with Crippen LogP contribution in [0, 0.1) is 0 Å². The van der Waals surface area contributed by atoms with Crippen LogP contribution in [0.3, 0.4) is 0 Å². The summed E-state index contributed by atoms with van der Waals surface area (Å²) in [5.41, 5.74) is 1.30. The van der Waals surface area contributed by atoms with Crippen molar-refractivity contribution in [2.24, 2.45) is 0 Å². The molecule has 2 N–H and O–H groups in total. The van der Waals surface area contributed by atoms with E-state index in [4.69, 9.17) is 4.74 Å². The van der Waals surface area contributed by atoms with E-state index >= 15 is 0 Å². The maximum absolute atomic E-state index is 12.3. The Morgan fingerprint density at radius 3 is 2.23 bits per heavy atom. The van der Waals surface area contributed by atoms with Gasteiger partial charge in [-0.3, -0.25) is 14.5 Å². The third-order valence-corrected chi connectivity index (χ3v) is 4.90. The monoisotopic (exact) mass is 431 g/mol. The van der Waals surface area contributed by atoms with Crippen molar-refractivity contribution in [1.29, 1.82) is 0 Å². The Kier molecular flexibility index (Phi) is 8.62. The van der Waals surface area contributed by atoms with E-state index in [0.717, 1.165) is 11.8 Å². The predicted octanol–water partition coefficient (Wildman–Crippen LogP) is 2.73. The number of rotatable bonds is 7. The zero-order valence-corrected chi connectivity index (χ0v) is 18.8. The minimum absolute atomic E-state index is 0.0908. The van der Waals surface area contributed by atoms with E-state index in [2.05, 4.69) is 5.32 Å². The molecule has 0 aliphatic carbocycles. The van der Waals surface area contributed by atoms with Gasteiger partial charge in [0.15, 0.2) is 5.78 Å². The number of carbonyl (C=O) groups is 3. The minimum Gasteiger partial charge on any atom is -0.515 e. The third-order valence-electron chi connectivity index (χ3n) is 4.90. The third kappa shape index (κ3) is 7.71. The van der Waals surface area contributed by atoms with Crippen LogP contribution in [0.25, 0.3) is 5.57 Å². The molecule has 1 fully saturated rings. The zero-order chi connectivity index (χ0) is 23.0. The normalized spacial score (nSPS) is 15.5. The van der Waals surface area contributed by atoms with Crippen LogP contribution in [0.4, 0.5) is 4.79 Å². The van der Waals surface area contributed by atoms with Gasteiger partial charge in [-0.15, -0.1) is 0 Å². The molecule has 1 saturated heterocycles. The molecular formula is C23H33N3O5. The summed E-state index contributed by atoms with van der Waals surface area (Å²) in [5, 5.41) is 12.2. The van der Waals surface area contributed by atoms with E-state index in [1.807, 2.05) is 37.8 Å². The highest BCUT2D eigenvalue weighted by atomic mass is 16.6. The number of carbonyl (C=O) groups excluding carboxylic acids is 3. The molecule has 170 valence electrons. The average Bonchev–Trinajstić information content (AvgIpc) is 2.72. The first-order valence-corrected chi connectivity index (χ1v) is 10.6. The SMILES string of the molecule is CCC(=O)/C(=C\O)c1ccc(CNC(=O)CN2CCN(C(=O)OC(C)(C)C)CC2)cc1. The van der Waals surface area contributed by atoms with Gasteiger partial charge in [-0.2, -0.15) is 0 Å². The Morgan fingerprint density at radius 2 is 1.71 bits per heavy atom. The van der Waals surface area contributed by atoms with Crippen LogP contribution in [0.2, 0.25) is 0 Å². The fourth-order valence-corrected chi connectivity index (χ4v) is 3.17. The molecular weight excluding hydrogens is 398 g/mol. The molecule has 0 bridgehead atoms. The van der Waals surface area contributed by atoms with E-state index < -0.39 is 5.60 Å². The molecule has 2 amide bonds. The standard InChI is InChI=1S/C23H33N3O5/c1-5-20(28)19(16-27)18-8-6-17(7-9-18)14-24-21(29)15-25-10-12-26(13-11-25)22(30)31-23(2,3)4/h6-9,16,27H,5,10-15H2,1-4H3,(H,24,29)/b19-16-. The number of amides is 2. The topological polar surface area (TPSA) is 99.2 Å². The van der Waals surface area contributed by atoms with Crippen LogP contribution in [-0.2, 0) is 20.9 Å². The highest BCUT2D eigenvalue weighted by Gasteiger charge is 2.26. The number of ketones is 1. The Bertz CT molecular complexity index is 803. The summed E-state index contributed by atoms with van der Waals surface area (Å²) in [7, 11) is 0. The number of aliphatic hydroxyl groups is 1. The Labute approximate surface area is 183 Å². The molecule has 0 unspecified atom stereocenters. The van der Waals surface area contributed by atoms with Crippen molar-refractivity contribution in [1.82, 2.24) is 15.1 Å². The van der Waals surface area contributed by atoms with Gasteiger partial charge in [-0.05, 0) is 31.9 Å². The van der Waals surface area contributed by atoms with Gasteiger partial charge in [0.1, 0.15) is 5.60 Å².